The Hall–Kier alpha value is -2.27. The van der Waals surface area contributed by atoms with Gasteiger partial charge >= 0.3 is 0 Å². The number of rotatable bonds is 4. The first-order chi connectivity index (χ1) is 11.8. The molecule has 0 saturated heterocycles. The molecule has 0 radical (unpaired) electrons. The normalized spacial score (nSPS) is 16.8. The van der Waals surface area contributed by atoms with Crippen LogP contribution in [0.25, 0.3) is 5.52 Å². The van der Waals surface area contributed by atoms with Gasteiger partial charge in [0.05, 0.1) is 23.5 Å². The minimum absolute atomic E-state index is 0.0642. The summed E-state index contributed by atoms with van der Waals surface area (Å²) in [4.78, 5) is 16.8. The van der Waals surface area contributed by atoms with Crippen molar-refractivity contribution < 1.29 is 4.79 Å². The minimum atomic E-state index is 0.0642. The van der Waals surface area contributed by atoms with Gasteiger partial charge in [0, 0.05) is 6.20 Å². The fourth-order valence-electron chi connectivity index (χ4n) is 3.30. The van der Waals surface area contributed by atoms with Gasteiger partial charge in [0.2, 0.25) is 5.91 Å². The summed E-state index contributed by atoms with van der Waals surface area (Å²) in [6.07, 6.45) is 7.05. The highest BCUT2D eigenvalue weighted by molar-refractivity contribution is 7.99. The topological polar surface area (TPSA) is 46.4 Å². The fraction of sp³-hybridized carbons (Fsp3) is 0.263. The van der Waals surface area contributed by atoms with Crippen LogP contribution in [-0.4, -0.2) is 21.0 Å². The number of imidazole rings is 1. The molecule has 5 heteroatoms. The molecule has 1 atom stereocenters. The SMILES string of the molecule is O=C(CSc1ncc2ccccn12)NC1CCCc2ccccc21. The van der Waals surface area contributed by atoms with Gasteiger partial charge in [-0.15, -0.1) is 0 Å². The lowest BCUT2D eigenvalue weighted by molar-refractivity contribution is -0.119. The lowest BCUT2D eigenvalue weighted by Gasteiger charge is -2.26. The first-order valence-corrected chi connectivity index (χ1v) is 9.22. The minimum Gasteiger partial charge on any atom is -0.349 e. The predicted octanol–water partition coefficient (Wildman–Crippen LogP) is 3.62. The molecule has 1 aromatic carbocycles. The molecule has 4 nitrogen and oxygen atoms in total. The first-order valence-electron chi connectivity index (χ1n) is 8.23. The Morgan fingerprint density at radius 1 is 1.25 bits per heavy atom. The van der Waals surface area contributed by atoms with Crippen molar-refractivity contribution in [3.63, 3.8) is 0 Å². The Balaban J connectivity index is 1.41. The molecule has 1 unspecified atom stereocenters. The lowest BCUT2D eigenvalue weighted by atomic mass is 9.88. The number of benzene rings is 1. The zero-order valence-electron chi connectivity index (χ0n) is 13.3. The van der Waals surface area contributed by atoms with E-state index in [9.17, 15) is 4.79 Å². The van der Waals surface area contributed by atoms with E-state index in [-0.39, 0.29) is 11.9 Å². The van der Waals surface area contributed by atoms with E-state index < -0.39 is 0 Å². The number of nitrogens with zero attached hydrogens (tertiary/aromatic N) is 2. The van der Waals surface area contributed by atoms with Crippen molar-refractivity contribution in [1.82, 2.24) is 14.7 Å². The van der Waals surface area contributed by atoms with Gasteiger partial charge in [-0.2, -0.15) is 0 Å². The molecule has 0 saturated carbocycles. The van der Waals surface area contributed by atoms with E-state index in [1.54, 1.807) is 0 Å². The van der Waals surface area contributed by atoms with Crippen molar-refractivity contribution in [2.24, 2.45) is 0 Å². The monoisotopic (exact) mass is 337 g/mol. The van der Waals surface area contributed by atoms with Crippen LogP contribution in [0.5, 0.6) is 0 Å². The van der Waals surface area contributed by atoms with E-state index in [1.807, 2.05) is 35.0 Å². The third kappa shape index (κ3) is 3.04. The number of aryl methyl sites for hydroxylation is 1. The molecule has 1 aliphatic carbocycles. The molecule has 4 rings (SSSR count). The molecule has 2 heterocycles. The molecular weight excluding hydrogens is 318 g/mol. The summed E-state index contributed by atoms with van der Waals surface area (Å²) in [7, 11) is 0. The number of hydrogen-bond acceptors (Lipinski definition) is 3. The van der Waals surface area contributed by atoms with E-state index in [0.29, 0.717) is 5.75 Å². The summed E-state index contributed by atoms with van der Waals surface area (Å²) >= 11 is 1.47. The second-order valence-corrected chi connectivity index (χ2v) is 6.98. The molecule has 1 aliphatic rings. The number of carbonyl (C=O) groups excluding carboxylic acids is 1. The summed E-state index contributed by atoms with van der Waals surface area (Å²) in [6.45, 7) is 0. The van der Waals surface area contributed by atoms with E-state index in [1.165, 1.54) is 22.9 Å². The van der Waals surface area contributed by atoms with Gasteiger partial charge in [0.25, 0.3) is 0 Å². The average molecular weight is 337 g/mol. The van der Waals surface area contributed by atoms with E-state index in [4.69, 9.17) is 0 Å². The number of amides is 1. The van der Waals surface area contributed by atoms with E-state index in [0.717, 1.165) is 29.9 Å². The lowest BCUT2D eigenvalue weighted by Crippen LogP contribution is -2.32. The Bertz CT molecular complexity index is 874. The van der Waals surface area contributed by atoms with Crippen molar-refractivity contribution >= 4 is 23.2 Å². The third-order valence-electron chi connectivity index (χ3n) is 4.44. The summed E-state index contributed by atoms with van der Waals surface area (Å²) in [5.41, 5.74) is 3.68. The van der Waals surface area contributed by atoms with Crippen LogP contribution in [0.15, 0.2) is 60.0 Å². The van der Waals surface area contributed by atoms with Crippen LogP contribution in [0.4, 0.5) is 0 Å². The van der Waals surface area contributed by atoms with E-state index >= 15 is 0 Å². The first kappa shape index (κ1) is 15.3. The fourth-order valence-corrected chi connectivity index (χ4v) is 4.07. The maximum Gasteiger partial charge on any atom is 0.230 e. The summed E-state index contributed by atoms with van der Waals surface area (Å²) in [5, 5.41) is 4.04. The summed E-state index contributed by atoms with van der Waals surface area (Å²) in [6, 6.07) is 14.5. The summed E-state index contributed by atoms with van der Waals surface area (Å²) in [5.74, 6) is 0.446. The molecule has 1 N–H and O–H groups in total. The number of thioether (sulfide) groups is 1. The van der Waals surface area contributed by atoms with E-state index in [2.05, 4.69) is 34.6 Å². The predicted molar refractivity (Wildman–Crippen MR) is 96.2 cm³/mol. The van der Waals surface area contributed by atoms with Gasteiger partial charge in [0.15, 0.2) is 5.16 Å². The third-order valence-corrected chi connectivity index (χ3v) is 5.41. The standard InChI is InChI=1S/C19H19N3OS/c23-18(13-24-19-20-12-15-8-3-4-11-22(15)19)21-17-10-5-7-14-6-1-2-9-16(14)17/h1-4,6,8-9,11-12,17H,5,7,10,13H2,(H,21,23). The molecule has 24 heavy (non-hydrogen) atoms. The van der Waals surface area contributed by atoms with Crippen LogP contribution >= 0.6 is 11.8 Å². The van der Waals surface area contributed by atoms with Gasteiger partial charge in [0.1, 0.15) is 0 Å². The number of nitrogens with one attached hydrogen (secondary N) is 1. The van der Waals surface area contributed by atoms with Crippen LogP contribution in [0.2, 0.25) is 0 Å². The van der Waals surface area contributed by atoms with Gasteiger partial charge < -0.3 is 5.32 Å². The Morgan fingerprint density at radius 2 is 2.12 bits per heavy atom. The molecule has 0 bridgehead atoms. The number of aromatic nitrogens is 2. The number of pyridine rings is 1. The van der Waals surface area contributed by atoms with Crippen molar-refractivity contribution in [2.45, 2.75) is 30.5 Å². The van der Waals surface area contributed by atoms with Crippen LogP contribution < -0.4 is 5.32 Å². The quantitative estimate of drug-likeness (QED) is 0.740. The van der Waals surface area contributed by atoms with Crippen molar-refractivity contribution in [2.75, 3.05) is 5.75 Å². The molecule has 1 amide bonds. The zero-order valence-corrected chi connectivity index (χ0v) is 14.1. The molecule has 122 valence electrons. The zero-order chi connectivity index (χ0) is 16.4. The second-order valence-electron chi connectivity index (χ2n) is 6.04. The average Bonchev–Trinajstić information content (AvgIpc) is 3.04. The maximum absolute atomic E-state index is 12.4. The molecular formula is C19H19N3OS. The maximum atomic E-state index is 12.4. The highest BCUT2D eigenvalue weighted by Gasteiger charge is 2.21. The number of carbonyl (C=O) groups is 1. The van der Waals surface area contributed by atoms with Crippen molar-refractivity contribution in [3.8, 4) is 0 Å². The Kier molecular flexibility index (Phi) is 4.26. The van der Waals surface area contributed by atoms with Crippen molar-refractivity contribution in [1.29, 1.82) is 0 Å². The van der Waals surface area contributed by atoms with Gasteiger partial charge in [-0.05, 0) is 42.5 Å². The molecule has 0 spiro atoms. The van der Waals surface area contributed by atoms with Gasteiger partial charge in [-0.3, -0.25) is 9.20 Å². The van der Waals surface area contributed by atoms with Crippen LogP contribution in [0.3, 0.4) is 0 Å². The van der Waals surface area contributed by atoms with Gasteiger partial charge in [-0.1, -0.05) is 42.1 Å². The Morgan fingerprint density at radius 3 is 3.08 bits per heavy atom. The molecule has 0 aliphatic heterocycles. The summed E-state index contributed by atoms with van der Waals surface area (Å²) < 4.78 is 2.01. The number of fused-ring (bicyclic) bond motifs is 2. The highest BCUT2D eigenvalue weighted by atomic mass is 32.2. The Labute approximate surface area is 145 Å². The highest BCUT2D eigenvalue weighted by Crippen LogP contribution is 2.29. The van der Waals surface area contributed by atoms with Crippen molar-refractivity contribution in [3.05, 3.63) is 66.0 Å². The van der Waals surface area contributed by atoms with Gasteiger partial charge in [-0.25, -0.2) is 4.98 Å². The smallest absolute Gasteiger partial charge is 0.230 e. The molecule has 0 fully saturated rings. The van der Waals surface area contributed by atoms with Crippen LogP contribution in [0.1, 0.15) is 30.0 Å². The number of hydrogen-bond donors (Lipinski definition) is 1. The molecule has 2 aromatic heterocycles. The van der Waals surface area contributed by atoms with Crippen LogP contribution in [0, 0.1) is 0 Å². The largest absolute Gasteiger partial charge is 0.349 e. The second kappa shape index (κ2) is 6.69. The molecule has 3 aromatic rings. The van der Waals surface area contributed by atoms with Crippen LogP contribution in [-0.2, 0) is 11.2 Å².